The van der Waals surface area contributed by atoms with E-state index in [1.807, 2.05) is 4.90 Å². The molecule has 0 aliphatic carbocycles. The van der Waals surface area contributed by atoms with Crippen molar-refractivity contribution >= 4 is 5.91 Å². The summed E-state index contributed by atoms with van der Waals surface area (Å²) in [6, 6.07) is 0.523. The predicted octanol–water partition coefficient (Wildman–Crippen LogP) is 2.42. The molecule has 19 heavy (non-hydrogen) atoms. The molecular weight excluding hydrogens is 236 g/mol. The Labute approximate surface area is 118 Å². The topological polar surface area (TPSA) is 32.3 Å². The van der Waals surface area contributed by atoms with Crippen molar-refractivity contribution < 1.29 is 4.79 Å². The first-order chi connectivity index (χ1) is 9.13. The van der Waals surface area contributed by atoms with Crippen molar-refractivity contribution in [2.24, 2.45) is 5.92 Å². The summed E-state index contributed by atoms with van der Waals surface area (Å²) in [5.74, 6) is 3.55. The lowest BCUT2D eigenvalue weighted by atomic mass is 9.97. The van der Waals surface area contributed by atoms with Crippen LogP contribution in [0.1, 0.15) is 52.4 Å². The van der Waals surface area contributed by atoms with Gasteiger partial charge in [0.25, 0.3) is 0 Å². The molecule has 1 rings (SSSR count). The minimum Gasteiger partial charge on any atom is -0.342 e. The van der Waals surface area contributed by atoms with Crippen LogP contribution in [0.2, 0.25) is 0 Å². The summed E-state index contributed by atoms with van der Waals surface area (Å²) >= 11 is 0. The van der Waals surface area contributed by atoms with Crippen molar-refractivity contribution in [3.63, 3.8) is 0 Å². The Morgan fingerprint density at radius 3 is 2.95 bits per heavy atom. The van der Waals surface area contributed by atoms with E-state index in [-0.39, 0.29) is 0 Å². The van der Waals surface area contributed by atoms with E-state index in [0.717, 1.165) is 45.3 Å². The summed E-state index contributed by atoms with van der Waals surface area (Å²) in [6.07, 6.45) is 10.9. The molecule has 0 spiro atoms. The highest BCUT2D eigenvalue weighted by Gasteiger charge is 2.23. The van der Waals surface area contributed by atoms with E-state index in [9.17, 15) is 4.79 Å². The normalized spacial score (nSPS) is 19.5. The van der Waals surface area contributed by atoms with Crippen LogP contribution in [0, 0.1) is 18.3 Å². The molecule has 1 aliphatic rings. The Kier molecular flexibility index (Phi) is 7.59. The van der Waals surface area contributed by atoms with Gasteiger partial charge in [0, 0.05) is 32.0 Å². The number of likely N-dealkylation sites (tertiary alicyclic amines) is 1. The summed E-state index contributed by atoms with van der Waals surface area (Å²) in [5, 5.41) is 3.47. The third-order valence-electron chi connectivity index (χ3n) is 3.65. The number of unbranched alkanes of at least 4 members (excludes halogenated alkanes) is 2. The van der Waals surface area contributed by atoms with Crippen molar-refractivity contribution in [1.29, 1.82) is 0 Å². The number of terminal acetylenes is 1. The Balaban J connectivity index is 2.25. The summed E-state index contributed by atoms with van der Waals surface area (Å²) in [7, 11) is 0. The van der Waals surface area contributed by atoms with E-state index in [1.165, 1.54) is 6.42 Å². The van der Waals surface area contributed by atoms with Gasteiger partial charge in [-0.1, -0.05) is 13.8 Å². The van der Waals surface area contributed by atoms with E-state index in [4.69, 9.17) is 6.42 Å². The van der Waals surface area contributed by atoms with Gasteiger partial charge < -0.3 is 10.2 Å². The molecule has 1 N–H and O–H groups in total. The smallest absolute Gasteiger partial charge is 0.222 e. The second-order valence-corrected chi connectivity index (χ2v) is 5.82. The third-order valence-corrected chi connectivity index (χ3v) is 3.65. The molecule has 1 unspecified atom stereocenters. The van der Waals surface area contributed by atoms with Crippen LogP contribution in [0.3, 0.4) is 0 Å². The van der Waals surface area contributed by atoms with Crippen molar-refractivity contribution in [1.82, 2.24) is 10.2 Å². The van der Waals surface area contributed by atoms with Gasteiger partial charge in [0.1, 0.15) is 0 Å². The first kappa shape index (κ1) is 16.0. The van der Waals surface area contributed by atoms with Gasteiger partial charge in [-0.3, -0.25) is 4.79 Å². The number of hydrogen-bond acceptors (Lipinski definition) is 2. The summed E-state index contributed by atoms with van der Waals surface area (Å²) < 4.78 is 0. The molecule has 0 aromatic rings. The lowest BCUT2D eigenvalue weighted by Gasteiger charge is -2.33. The molecule has 3 heteroatoms. The Hall–Kier alpha value is -1.01. The molecule has 0 radical (unpaired) electrons. The first-order valence-corrected chi connectivity index (χ1v) is 7.58. The second-order valence-electron chi connectivity index (χ2n) is 5.82. The standard InChI is InChI=1S/C16H28N2O/c1-4-5-6-7-10-16(19)18-11-8-9-15(13-18)12-17-14(2)3/h1,14-15,17H,5-13H2,2-3H3. The zero-order chi connectivity index (χ0) is 14.1. The highest BCUT2D eigenvalue weighted by Crippen LogP contribution is 2.17. The molecule has 1 aliphatic heterocycles. The zero-order valence-corrected chi connectivity index (χ0v) is 12.5. The zero-order valence-electron chi connectivity index (χ0n) is 12.5. The van der Waals surface area contributed by atoms with Gasteiger partial charge in [-0.25, -0.2) is 0 Å². The number of nitrogens with zero attached hydrogens (tertiary/aromatic N) is 1. The number of amides is 1. The molecule has 1 atom stereocenters. The van der Waals surface area contributed by atoms with Crippen LogP contribution in [0.4, 0.5) is 0 Å². The number of nitrogens with one attached hydrogen (secondary N) is 1. The van der Waals surface area contributed by atoms with E-state index >= 15 is 0 Å². The largest absolute Gasteiger partial charge is 0.342 e. The van der Waals surface area contributed by atoms with E-state index in [2.05, 4.69) is 25.1 Å². The maximum atomic E-state index is 12.1. The van der Waals surface area contributed by atoms with Crippen molar-refractivity contribution in [3.05, 3.63) is 0 Å². The second kappa shape index (κ2) is 8.98. The van der Waals surface area contributed by atoms with Crippen molar-refractivity contribution in [2.75, 3.05) is 19.6 Å². The van der Waals surface area contributed by atoms with E-state index in [0.29, 0.717) is 24.3 Å². The predicted molar refractivity (Wildman–Crippen MR) is 79.7 cm³/mol. The highest BCUT2D eigenvalue weighted by molar-refractivity contribution is 5.76. The number of rotatable bonds is 7. The monoisotopic (exact) mass is 264 g/mol. The average molecular weight is 264 g/mol. The van der Waals surface area contributed by atoms with Crippen LogP contribution < -0.4 is 5.32 Å². The molecule has 0 saturated carbocycles. The molecule has 0 aromatic heterocycles. The van der Waals surface area contributed by atoms with Crippen molar-refractivity contribution in [3.8, 4) is 12.3 Å². The minimum absolute atomic E-state index is 0.311. The van der Waals surface area contributed by atoms with Gasteiger partial charge >= 0.3 is 0 Å². The number of carbonyl (C=O) groups excluding carboxylic acids is 1. The Morgan fingerprint density at radius 2 is 2.26 bits per heavy atom. The van der Waals surface area contributed by atoms with Gasteiger partial charge in [-0.15, -0.1) is 12.3 Å². The van der Waals surface area contributed by atoms with Crippen LogP contribution >= 0.6 is 0 Å². The van der Waals surface area contributed by atoms with Gasteiger partial charge in [-0.2, -0.15) is 0 Å². The van der Waals surface area contributed by atoms with Crippen LogP contribution in [-0.2, 0) is 4.79 Å². The van der Waals surface area contributed by atoms with Crippen LogP contribution in [0.15, 0.2) is 0 Å². The van der Waals surface area contributed by atoms with Gasteiger partial charge in [0.15, 0.2) is 0 Å². The maximum Gasteiger partial charge on any atom is 0.222 e. The molecule has 0 bridgehead atoms. The molecule has 108 valence electrons. The highest BCUT2D eigenvalue weighted by atomic mass is 16.2. The molecule has 1 amide bonds. The molecule has 0 aromatic carbocycles. The Morgan fingerprint density at radius 1 is 1.47 bits per heavy atom. The lowest BCUT2D eigenvalue weighted by molar-refractivity contribution is -0.133. The Bertz CT molecular complexity index is 306. The quantitative estimate of drug-likeness (QED) is 0.566. The summed E-state index contributed by atoms with van der Waals surface area (Å²) in [6.45, 7) is 7.22. The SMILES string of the molecule is C#CCCCCC(=O)N1CCCC(CNC(C)C)C1. The van der Waals surface area contributed by atoms with Crippen LogP contribution in [-0.4, -0.2) is 36.5 Å². The molecule has 3 nitrogen and oxygen atoms in total. The fourth-order valence-electron chi connectivity index (χ4n) is 2.52. The van der Waals surface area contributed by atoms with Crippen LogP contribution in [0.5, 0.6) is 0 Å². The van der Waals surface area contributed by atoms with Crippen molar-refractivity contribution in [2.45, 2.75) is 58.4 Å². The third kappa shape index (κ3) is 6.63. The summed E-state index contributed by atoms with van der Waals surface area (Å²) in [5.41, 5.74) is 0. The molecule has 1 fully saturated rings. The summed E-state index contributed by atoms with van der Waals surface area (Å²) in [4.78, 5) is 14.1. The average Bonchev–Trinajstić information content (AvgIpc) is 2.41. The first-order valence-electron chi connectivity index (χ1n) is 7.58. The number of hydrogen-bond donors (Lipinski definition) is 1. The lowest BCUT2D eigenvalue weighted by Crippen LogP contribution is -2.43. The fraction of sp³-hybridized carbons (Fsp3) is 0.812. The molecular formula is C16H28N2O. The van der Waals surface area contributed by atoms with E-state index < -0.39 is 0 Å². The van der Waals surface area contributed by atoms with Gasteiger partial charge in [0.2, 0.25) is 5.91 Å². The van der Waals surface area contributed by atoms with Gasteiger partial charge in [-0.05, 0) is 38.1 Å². The fourth-order valence-corrected chi connectivity index (χ4v) is 2.52. The minimum atomic E-state index is 0.311. The molecule has 1 heterocycles. The van der Waals surface area contributed by atoms with Crippen LogP contribution in [0.25, 0.3) is 0 Å². The maximum absolute atomic E-state index is 12.1. The number of carbonyl (C=O) groups is 1. The van der Waals surface area contributed by atoms with E-state index in [1.54, 1.807) is 0 Å². The molecule has 1 saturated heterocycles. The number of piperidine rings is 1. The van der Waals surface area contributed by atoms with Gasteiger partial charge in [0.05, 0.1) is 0 Å².